The van der Waals surface area contributed by atoms with E-state index in [1.54, 1.807) is 6.20 Å². The average Bonchev–Trinajstić information content (AvgIpc) is 2.77. The maximum absolute atomic E-state index is 12.7. The first-order valence-corrected chi connectivity index (χ1v) is 8.30. The quantitative estimate of drug-likeness (QED) is 0.932. The Bertz CT molecular complexity index is 703. The molecule has 0 spiro atoms. The average molecular weight is 336 g/mol. The maximum Gasteiger partial charge on any atom is 0.140 e. The molecule has 0 aliphatic carbocycles. The summed E-state index contributed by atoms with van der Waals surface area (Å²) in [5, 5.41) is 3.91. The van der Waals surface area contributed by atoms with E-state index in [4.69, 9.17) is 16.3 Å². The summed E-state index contributed by atoms with van der Waals surface area (Å²) in [5.41, 5.74) is 0.490. The number of Topliss-reactive ketones (excluding diaryl/α,β-unsaturated/α-hetero) is 1. The van der Waals surface area contributed by atoms with Crippen LogP contribution in [0.3, 0.4) is 0 Å². The van der Waals surface area contributed by atoms with Crippen LogP contribution in [0.4, 0.5) is 0 Å². The first-order chi connectivity index (χ1) is 11.0. The summed E-state index contributed by atoms with van der Waals surface area (Å²) in [6, 6.07) is 3.73. The van der Waals surface area contributed by atoms with Gasteiger partial charge in [0, 0.05) is 31.1 Å². The summed E-state index contributed by atoms with van der Waals surface area (Å²) in [6.45, 7) is 6.74. The molecule has 0 amide bonds. The van der Waals surface area contributed by atoms with Gasteiger partial charge in [0.25, 0.3) is 0 Å². The van der Waals surface area contributed by atoms with Crippen LogP contribution >= 0.6 is 11.6 Å². The maximum atomic E-state index is 12.7. The lowest BCUT2D eigenvalue weighted by atomic mass is 9.83. The van der Waals surface area contributed by atoms with Crippen molar-refractivity contribution in [2.24, 2.45) is 5.92 Å². The van der Waals surface area contributed by atoms with Crippen molar-refractivity contribution in [2.75, 3.05) is 26.3 Å². The van der Waals surface area contributed by atoms with Crippen LogP contribution in [0.25, 0.3) is 5.52 Å². The van der Waals surface area contributed by atoms with Gasteiger partial charge in [-0.15, -0.1) is 0 Å². The molecule has 1 N–H and O–H groups in total. The molecule has 0 aromatic carbocycles. The highest BCUT2D eigenvalue weighted by molar-refractivity contribution is 6.33. The van der Waals surface area contributed by atoms with Crippen LogP contribution in [0.5, 0.6) is 0 Å². The minimum absolute atomic E-state index is 0.0911. The Balaban J connectivity index is 1.82. The summed E-state index contributed by atoms with van der Waals surface area (Å²) in [7, 11) is 0. The SMILES string of the molecule is CC(C)(CC(=O)C1CNCCOC1)c1ncc2c(Cl)cccn12. The van der Waals surface area contributed by atoms with E-state index in [0.29, 0.717) is 31.2 Å². The number of hydrogen-bond acceptors (Lipinski definition) is 4. The smallest absolute Gasteiger partial charge is 0.140 e. The molecule has 0 bridgehead atoms. The molecular weight excluding hydrogens is 314 g/mol. The van der Waals surface area contributed by atoms with Crippen LogP contribution in [-0.2, 0) is 14.9 Å². The van der Waals surface area contributed by atoms with Crippen molar-refractivity contribution in [3.63, 3.8) is 0 Å². The zero-order valence-corrected chi connectivity index (χ0v) is 14.3. The van der Waals surface area contributed by atoms with Crippen molar-refractivity contribution in [3.8, 4) is 0 Å². The Morgan fingerprint density at radius 2 is 2.39 bits per heavy atom. The van der Waals surface area contributed by atoms with Crippen molar-refractivity contribution in [3.05, 3.63) is 35.4 Å². The van der Waals surface area contributed by atoms with Gasteiger partial charge in [0.15, 0.2) is 0 Å². The predicted octanol–water partition coefficient (Wildman–Crippen LogP) is 2.46. The number of halogens is 1. The lowest BCUT2D eigenvalue weighted by Crippen LogP contribution is -2.34. The number of carbonyl (C=O) groups is 1. The molecule has 1 unspecified atom stereocenters. The summed E-state index contributed by atoms with van der Waals surface area (Å²) >= 11 is 6.21. The molecular formula is C17H22ClN3O2. The minimum Gasteiger partial charge on any atom is -0.379 e. The van der Waals surface area contributed by atoms with E-state index in [-0.39, 0.29) is 17.1 Å². The molecule has 3 rings (SSSR count). The third kappa shape index (κ3) is 3.42. The van der Waals surface area contributed by atoms with E-state index in [1.807, 2.05) is 36.6 Å². The van der Waals surface area contributed by atoms with E-state index in [1.165, 1.54) is 0 Å². The number of hydrogen-bond donors (Lipinski definition) is 1. The highest BCUT2D eigenvalue weighted by atomic mass is 35.5. The normalized spacial score (nSPS) is 19.7. The predicted molar refractivity (Wildman–Crippen MR) is 90.0 cm³/mol. The number of ketones is 1. The Hall–Kier alpha value is -1.43. The number of ether oxygens (including phenoxy) is 1. The number of nitrogens with zero attached hydrogens (tertiary/aromatic N) is 2. The van der Waals surface area contributed by atoms with Gasteiger partial charge in [-0.25, -0.2) is 4.98 Å². The van der Waals surface area contributed by atoms with E-state index in [9.17, 15) is 4.79 Å². The molecule has 1 aliphatic heterocycles. The number of imidazole rings is 1. The Kier molecular flexibility index (Phi) is 4.71. The molecule has 6 heteroatoms. The first kappa shape index (κ1) is 16.4. The lowest BCUT2D eigenvalue weighted by molar-refractivity contribution is -0.125. The second-order valence-electron chi connectivity index (χ2n) is 6.70. The molecule has 1 aliphatic rings. The van der Waals surface area contributed by atoms with Crippen LogP contribution in [0.1, 0.15) is 26.1 Å². The molecule has 3 heterocycles. The summed E-state index contributed by atoms with van der Waals surface area (Å²) in [6.07, 6.45) is 4.13. The third-order valence-electron chi connectivity index (χ3n) is 4.33. The molecule has 2 aromatic rings. The van der Waals surface area contributed by atoms with E-state index < -0.39 is 0 Å². The highest BCUT2D eigenvalue weighted by Gasteiger charge is 2.32. The minimum atomic E-state index is -0.375. The van der Waals surface area contributed by atoms with Gasteiger partial charge in [-0.3, -0.25) is 4.79 Å². The van der Waals surface area contributed by atoms with Gasteiger partial charge in [-0.05, 0) is 12.1 Å². The molecule has 0 saturated carbocycles. The Morgan fingerprint density at radius 3 is 3.22 bits per heavy atom. The van der Waals surface area contributed by atoms with Gasteiger partial charge in [-0.1, -0.05) is 25.4 Å². The van der Waals surface area contributed by atoms with Crippen LogP contribution in [0.15, 0.2) is 24.5 Å². The van der Waals surface area contributed by atoms with Crippen molar-refractivity contribution in [1.82, 2.24) is 14.7 Å². The number of rotatable bonds is 4. The summed E-state index contributed by atoms with van der Waals surface area (Å²) < 4.78 is 7.47. The Labute approximate surface area is 141 Å². The van der Waals surface area contributed by atoms with Gasteiger partial charge >= 0.3 is 0 Å². The van der Waals surface area contributed by atoms with Crippen LogP contribution in [0.2, 0.25) is 5.02 Å². The zero-order valence-electron chi connectivity index (χ0n) is 13.5. The number of nitrogens with one attached hydrogen (secondary N) is 1. The topological polar surface area (TPSA) is 55.6 Å². The lowest BCUT2D eigenvalue weighted by Gasteiger charge is -2.25. The molecule has 23 heavy (non-hydrogen) atoms. The first-order valence-electron chi connectivity index (χ1n) is 7.92. The largest absolute Gasteiger partial charge is 0.379 e. The highest BCUT2D eigenvalue weighted by Crippen LogP contribution is 2.30. The molecule has 2 aromatic heterocycles. The van der Waals surface area contributed by atoms with Crippen molar-refractivity contribution in [1.29, 1.82) is 0 Å². The van der Waals surface area contributed by atoms with Gasteiger partial charge in [0.2, 0.25) is 0 Å². The van der Waals surface area contributed by atoms with E-state index in [0.717, 1.165) is 17.9 Å². The molecule has 1 fully saturated rings. The Morgan fingerprint density at radius 1 is 1.57 bits per heavy atom. The molecule has 0 radical (unpaired) electrons. The fourth-order valence-corrected chi connectivity index (χ4v) is 3.27. The molecule has 5 nitrogen and oxygen atoms in total. The number of pyridine rings is 1. The fourth-order valence-electron chi connectivity index (χ4n) is 3.06. The van der Waals surface area contributed by atoms with E-state index in [2.05, 4.69) is 10.3 Å². The van der Waals surface area contributed by atoms with Crippen LogP contribution in [-0.4, -0.2) is 41.5 Å². The number of fused-ring (bicyclic) bond motifs is 1. The van der Waals surface area contributed by atoms with Crippen molar-refractivity contribution < 1.29 is 9.53 Å². The van der Waals surface area contributed by atoms with Crippen molar-refractivity contribution in [2.45, 2.75) is 25.7 Å². The summed E-state index contributed by atoms with van der Waals surface area (Å²) in [5.74, 6) is 0.973. The van der Waals surface area contributed by atoms with Crippen LogP contribution in [0, 0.1) is 5.92 Å². The van der Waals surface area contributed by atoms with Gasteiger partial charge < -0.3 is 14.5 Å². The second-order valence-corrected chi connectivity index (χ2v) is 7.10. The van der Waals surface area contributed by atoms with Gasteiger partial charge in [0.1, 0.15) is 11.6 Å². The van der Waals surface area contributed by atoms with Crippen LogP contribution < -0.4 is 5.32 Å². The van der Waals surface area contributed by atoms with Gasteiger partial charge in [-0.2, -0.15) is 0 Å². The fraction of sp³-hybridized carbons (Fsp3) is 0.529. The summed E-state index contributed by atoms with van der Waals surface area (Å²) in [4.78, 5) is 17.2. The monoisotopic (exact) mass is 335 g/mol. The number of aromatic nitrogens is 2. The molecule has 124 valence electrons. The third-order valence-corrected chi connectivity index (χ3v) is 4.65. The van der Waals surface area contributed by atoms with Crippen molar-refractivity contribution >= 4 is 22.9 Å². The molecule has 1 atom stereocenters. The number of carbonyl (C=O) groups excluding carboxylic acids is 1. The second kappa shape index (κ2) is 6.59. The molecule has 1 saturated heterocycles. The van der Waals surface area contributed by atoms with Gasteiger partial charge in [0.05, 0.1) is 35.9 Å². The standard InChI is InChI=1S/C17H22ClN3O2/c1-17(2,8-15(22)12-9-19-5-7-23-11-12)16-20-10-14-13(18)4-3-6-21(14)16/h3-4,6,10,12,19H,5,7-9,11H2,1-2H3. The van der Waals surface area contributed by atoms with E-state index >= 15 is 0 Å². The zero-order chi connectivity index (χ0) is 16.4.